The molecule has 0 heterocycles. The van der Waals surface area contributed by atoms with E-state index in [1.807, 2.05) is 54.6 Å². The third-order valence-corrected chi connectivity index (χ3v) is 5.63. The number of aliphatic hydroxyl groups is 1. The summed E-state index contributed by atoms with van der Waals surface area (Å²) in [6.45, 7) is 1.01. The molecule has 2 aromatic carbocycles. The molecule has 2 atom stereocenters. The number of ether oxygens (including phenoxy) is 1. The predicted molar refractivity (Wildman–Crippen MR) is 125 cm³/mol. The van der Waals surface area contributed by atoms with E-state index in [2.05, 4.69) is 16.9 Å². The summed E-state index contributed by atoms with van der Waals surface area (Å²) in [5, 5.41) is 17.1. The third kappa shape index (κ3) is 9.20. The molecule has 0 unspecified atom stereocenters. The summed E-state index contributed by atoms with van der Waals surface area (Å²) >= 11 is 1.80. The maximum atomic E-state index is 12.4. The molecule has 6 heteroatoms. The number of hydrogen-bond donors (Lipinski definition) is 3. The number of carbonyl (C=O) groups is 1. The van der Waals surface area contributed by atoms with Gasteiger partial charge in [-0.05, 0) is 54.5 Å². The van der Waals surface area contributed by atoms with Crippen molar-refractivity contribution in [3.05, 3.63) is 65.7 Å². The largest absolute Gasteiger partial charge is 0.497 e. The molecule has 0 aliphatic heterocycles. The fraction of sp³-hybridized carbons (Fsp3) is 0.458. The monoisotopic (exact) mass is 430 g/mol. The molecule has 0 fully saturated rings. The smallest absolute Gasteiger partial charge is 0.220 e. The van der Waals surface area contributed by atoms with Crippen molar-refractivity contribution in [3.8, 4) is 5.75 Å². The molecule has 1 amide bonds. The second-order valence-corrected chi connectivity index (χ2v) is 8.35. The number of benzene rings is 2. The number of aliphatic hydroxyl groups excluding tert-OH is 1. The summed E-state index contributed by atoms with van der Waals surface area (Å²) in [5.41, 5.74) is 2.18. The molecular weight excluding hydrogens is 396 g/mol. The Morgan fingerprint density at radius 2 is 1.87 bits per heavy atom. The lowest BCUT2D eigenvalue weighted by atomic mass is 10.0. The maximum Gasteiger partial charge on any atom is 0.220 e. The van der Waals surface area contributed by atoms with Crippen LogP contribution in [0.1, 0.15) is 30.4 Å². The van der Waals surface area contributed by atoms with Gasteiger partial charge in [-0.1, -0.05) is 42.5 Å². The highest BCUT2D eigenvalue weighted by molar-refractivity contribution is 7.98. The highest BCUT2D eigenvalue weighted by atomic mass is 32.2. The molecule has 3 N–H and O–H groups in total. The van der Waals surface area contributed by atoms with Crippen molar-refractivity contribution in [2.75, 3.05) is 25.7 Å². The third-order valence-electron chi connectivity index (χ3n) is 4.93. The van der Waals surface area contributed by atoms with Crippen LogP contribution in [0, 0.1) is 0 Å². The summed E-state index contributed by atoms with van der Waals surface area (Å²) in [6, 6.07) is 17.5. The first-order valence-electron chi connectivity index (χ1n) is 10.5. The zero-order valence-corrected chi connectivity index (χ0v) is 18.8. The first kappa shape index (κ1) is 24.3. The standard InChI is InChI=1S/C24H34N2O3S/c1-29-21-12-8-11-20(15-21)17-25-18-23(27)22(16-19-9-4-3-5-10-19)26-24(28)13-6-7-14-30-2/h3-5,8-12,15,22-23,25,27H,6-7,13-14,16-18H2,1-2H3,(H,26,28)/t22-,23+/m0/s1. The predicted octanol–water partition coefficient (Wildman–Crippen LogP) is 3.41. The van der Waals surface area contributed by atoms with Crippen LogP contribution in [0.25, 0.3) is 0 Å². The lowest BCUT2D eigenvalue weighted by Crippen LogP contribution is -2.48. The van der Waals surface area contributed by atoms with E-state index in [1.54, 1.807) is 18.9 Å². The minimum Gasteiger partial charge on any atom is -0.497 e. The molecule has 0 spiro atoms. The molecule has 0 saturated carbocycles. The van der Waals surface area contributed by atoms with Crippen LogP contribution in [0.5, 0.6) is 5.75 Å². The number of nitrogens with one attached hydrogen (secondary N) is 2. The summed E-state index contributed by atoms with van der Waals surface area (Å²) in [7, 11) is 1.65. The van der Waals surface area contributed by atoms with Crippen LogP contribution in [0.4, 0.5) is 0 Å². The van der Waals surface area contributed by atoms with Crippen molar-refractivity contribution >= 4 is 17.7 Å². The van der Waals surface area contributed by atoms with E-state index in [0.717, 1.165) is 35.5 Å². The number of hydrogen-bond acceptors (Lipinski definition) is 5. The zero-order valence-electron chi connectivity index (χ0n) is 18.0. The highest BCUT2D eigenvalue weighted by Crippen LogP contribution is 2.12. The number of unbranched alkanes of at least 4 members (excludes halogenated alkanes) is 1. The molecule has 5 nitrogen and oxygen atoms in total. The van der Waals surface area contributed by atoms with Gasteiger partial charge in [0.2, 0.25) is 5.91 Å². The second kappa shape index (κ2) is 14.1. The Balaban J connectivity index is 1.89. The minimum atomic E-state index is -0.689. The van der Waals surface area contributed by atoms with Crippen LogP contribution in [-0.4, -0.2) is 48.8 Å². The number of thioether (sulfide) groups is 1. The van der Waals surface area contributed by atoms with Crippen LogP contribution in [0.2, 0.25) is 0 Å². The fourth-order valence-electron chi connectivity index (χ4n) is 3.25. The van der Waals surface area contributed by atoms with Gasteiger partial charge in [0.25, 0.3) is 0 Å². The van der Waals surface area contributed by atoms with Gasteiger partial charge in [0.15, 0.2) is 0 Å². The summed E-state index contributed by atoms with van der Waals surface area (Å²) in [5.74, 6) is 1.88. The van der Waals surface area contributed by atoms with E-state index in [1.165, 1.54) is 0 Å². The van der Waals surface area contributed by atoms with Gasteiger partial charge in [0.1, 0.15) is 5.75 Å². The summed E-state index contributed by atoms with van der Waals surface area (Å²) < 4.78 is 5.25. The molecule has 164 valence electrons. The molecule has 2 aromatic rings. The summed E-state index contributed by atoms with van der Waals surface area (Å²) in [4.78, 5) is 12.4. The number of methoxy groups -OCH3 is 1. The van der Waals surface area contributed by atoms with E-state index in [0.29, 0.717) is 25.9 Å². The minimum absolute atomic E-state index is 0.00359. The van der Waals surface area contributed by atoms with Crippen molar-refractivity contribution in [1.29, 1.82) is 0 Å². The van der Waals surface area contributed by atoms with Gasteiger partial charge < -0.3 is 20.5 Å². The average Bonchev–Trinajstić information content (AvgIpc) is 2.77. The Labute approximate surface area is 184 Å². The molecular formula is C24H34N2O3S. The Bertz CT molecular complexity index is 742. The van der Waals surface area contributed by atoms with Gasteiger partial charge in [-0.2, -0.15) is 11.8 Å². The van der Waals surface area contributed by atoms with Gasteiger partial charge in [-0.3, -0.25) is 4.79 Å². The Morgan fingerprint density at radius 1 is 1.10 bits per heavy atom. The van der Waals surface area contributed by atoms with Gasteiger partial charge in [0, 0.05) is 19.5 Å². The number of rotatable bonds is 14. The first-order valence-corrected chi connectivity index (χ1v) is 11.9. The molecule has 30 heavy (non-hydrogen) atoms. The van der Waals surface area contributed by atoms with Crippen molar-refractivity contribution in [2.24, 2.45) is 0 Å². The van der Waals surface area contributed by atoms with Crippen molar-refractivity contribution in [3.63, 3.8) is 0 Å². The van der Waals surface area contributed by atoms with Gasteiger partial charge in [-0.25, -0.2) is 0 Å². The van der Waals surface area contributed by atoms with Crippen LogP contribution < -0.4 is 15.4 Å². The molecule has 0 bridgehead atoms. The number of carbonyl (C=O) groups excluding carboxylic acids is 1. The normalized spacial score (nSPS) is 12.9. The lowest BCUT2D eigenvalue weighted by Gasteiger charge is -2.25. The van der Waals surface area contributed by atoms with Crippen LogP contribution in [0.3, 0.4) is 0 Å². The van der Waals surface area contributed by atoms with Gasteiger partial charge in [0.05, 0.1) is 19.3 Å². The Hall–Kier alpha value is -2.02. The fourth-order valence-corrected chi connectivity index (χ4v) is 3.74. The second-order valence-electron chi connectivity index (χ2n) is 7.36. The Morgan fingerprint density at radius 3 is 2.60 bits per heavy atom. The topological polar surface area (TPSA) is 70.6 Å². The zero-order chi connectivity index (χ0) is 21.6. The van der Waals surface area contributed by atoms with E-state index >= 15 is 0 Å². The average molecular weight is 431 g/mol. The molecule has 0 aromatic heterocycles. The molecule has 0 aliphatic rings. The van der Waals surface area contributed by atoms with Gasteiger partial charge >= 0.3 is 0 Å². The maximum absolute atomic E-state index is 12.4. The molecule has 0 aliphatic carbocycles. The molecule has 0 radical (unpaired) electrons. The SMILES string of the molecule is COc1cccc(CNC[C@@H](O)[C@H](Cc2ccccc2)NC(=O)CCCCSC)c1. The lowest BCUT2D eigenvalue weighted by molar-refractivity contribution is -0.122. The summed E-state index contributed by atoms with van der Waals surface area (Å²) in [6.07, 6.45) is 4.38. The number of amides is 1. The van der Waals surface area contributed by atoms with Crippen molar-refractivity contribution < 1.29 is 14.6 Å². The van der Waals surface area contributed by atoms with E-state index in [9.17, 15) is 9.90 Å². The van der Waals surface area contributed by atoms with E-state index < -0.39 is 6.10 Å². The van der Waals surface area contributed by atoms with Crippen LogP contribution >= 0.6 is 11.8 Å². The highest BCUT2D eigenvalue weighted by Gasteiger charge is 2.21. The Kier molecular flexibility index (Phi) is 11.4. The van der Waals surface area contributed by atoms with Crippen molar-refractivity contribution in [1.82, 2.24) is 10.6 Å². The van der Waals surface area contributed by atoms with E-state index in [-0.39, 0.29) is 11.9 Å². The quantitative estimate of drug-likeness (QED) is 0.401. The van der Waals surface area contributed by atoms with Crippen molar-refractivity contribution in [2.45, 2.75) is 44.4 Å². The van der Waals surface area contributed by atoms with Gasteiger partial charge in [-0.15, -0.1) is 0 Å². The van der Waals surface area contributed by atoms with E-state index in [4.69, 9.17) is 4.74 Å². The molecule has 0 saturated heterocycles. The van der Waals surface area contributed by atoms with Crippen LogP contribution in [0.15, 0.2) is 54.6 Å². The molecule has 2 rings (SSSR count). The first-order chi connectivity index (χ1) is 14.6. The van der Waals surface area contributed by atoms with Crippen LogP contribution in [-0.2, 0) is 17.8 Å².